The molecular formula is C26H33N5O2. The molecule has 33 heavy (non-hydrogen) atoms. The van der Waals surface area contributed by atoms with Gasteiger partial charge in [0.2, 0.25) is 5.91 Å². The molecule has 2 amide bonds. The van der Waals surface area contributed by atoms with Crippen molar-refractivity contribution in [2.75, 3.05) is 32.7 Å². The van der Waals surface area contributed by atoms with E-state index in [2.05, 4.69) is 46.4 Å². The van der Waals surface area contributed by atoms with E-state index in [-0.39, 0.29) is 17.9 Å². The molecule has 2 aliphatic heterocycles. The van der Waals surface area contributed by atoms with Crippen LogP contribution in [0, 0.1) is 6.92 Å². The third-order valence-electron chi connectivity index (χ3n) is 7.26. The summed E-state index contributed by atoms with van der Waals surface area (Å²) < 4.78 is 0. The second kappa shape index (κ2) is 9.61. The maximum atomic E-state index is 13.6. The van der Waals surface area contributed by atoms with Crippen molar-refractivity contribution in [3.05, 3.63) is 65.5 Å². The van der Waals surface area contributed by atoms with E-state index in [4.69, 9.17) is 0 Å². The molecule has 0 radical (unpaired) electrons. The zero-order valence-electron chi connectivity index (χ0n) is 19.3. The molecule has 0 bridgehead atoms. The van der Waals surface area contributed by atoms with Gasteiger partial charge in [-0.2, -0.15) is 0 Å². The Balaban J connectivity index is 1.40. The number of carbonyl (C=O) groups is 2. The first-order valence-electron chi connectivity index (χ1n) is 12.1. The Kier molecular flexibility index (Phi) is 6.42. The zero-order valence-corrected chi connectivity index (χ0v) is 19.3. The van der Waals surface area contributed by atoms with Gasteiger partial charge < -0.3 is 15.1 Å². The van der Waals surface area contributed by atoms with E-state index in [0.29, 0.717) is 37.7 Å². The van der Waals surface area contributed by atoms with Crippen LogP contribution >= 0.6 is 0 Å². The van der Waals surface area contributed by atoms with Crippen LogP contribution in [0.15, 0.2) is 48.8 Å². The minimum absolute atomic E-state index is 0.0860. The Morgan fingerprint density at radius 2 is 1.88 bits per heavy atom. The summed E-state index contributed by atoms with van der Waals surface area (Å²) in [4.78, 5) is 37.5. The van der Waals surface area contributed by atoms with Crippen molar-refractivity contribution in [3.63, 3.8) is 0 Å². The quantitative estimate of drug-likeness (QED) is 0.734. The highest BCUT2D eigenvalue weighted by Gasteiger charge is 2.46. The van der Waals surface area contributed by atoms with E-state index in [1.54, 1.807) is 24.5 Å². The predicted octanol–water partition coefficient (Wildman–Crippen LogP) is 2.07. The second-order valence-electron chi connectivity index (χ2n) is 9.51. The molecule has 1 saturated carbocycles. The molecule has 2 atom stereocenters. The molecule has 3 aliphatic rings. The number of aromatic nitrogens is 1. The van der Waals surface area contributed by atoms with Crippen LogP contribution in [0.5, 0.6) is 0 Å². The van der Waals surface area contributed by atoms with Crippen molar-refractivity contribution >= 4 is 11.8 Å². The van der Waals surface area contributed by atoms with Crippen molar-refractivity contribution in [2.24, 2.45) is 0 Å². The van der Waals surface area contributed by atoms with Crippen LogP contribution in [-0.4, -0.2) is 82.3 Å². The number of benzene rings is 1. The number of hydrogen-bond acceptors (Lipinski definition) is 5. The summed E-state index contributed by atoms with van der Waals surface area (Å²) in [6.07, 6.45) is 6.35. The molecule has 7 heteroatoms. The van der Waals surface area contributed by atoms with Gasteiger partial charge in [-0.05, 0) is 49.4 Å². The van der Waals surface area contributed by atoms with Gasteiger partial charge in [-0.25, -0.2) is 0 Å². The van der Waals surface area contributed by atoms with Gasteiger partial charge in [0.05, 0.1) is 5.56 Å². The first-order chi connectivity index (χ1) is 16.1. The summed E-state index contributed by atoms with van der Waals surface area (Å²) in [6.45, 7) is 6.61. The average molecular weight is 448 g/mol. The van der Waals surface area contributed by atoms with Gasteiger partial charge in [0.1, 0.15) is 6.04 Å². The summed E-state index contributed by atoms with van der Waals surface area (Å²) in [5.74, 6) is -0.00592. The fourth-order valence-electron chi connectivity index (χ4n) is 5.21. The third kappa shape index (κ3) is 4.80. The first-order valence-corrected chi connectivity index (χ1v) is 12.1. The van der Waals surface area contributed by atoms with Crippen LogP contribution in [0.2, 0.25) is 0 Å². The average Bonchev–Trinajstić information content (AvgIpc) is 3.61. The number of rotatable bonds is 6. The molecular weight excluding hydrogens is 414 g/mol. The van der Waals surface area contributed by atoms with Crippen molar-refractivity contribution in [1.29, 1.82) is 0 Å². The minimum atomic E-state index is -0.418. The highest BCUT2D eigenvalue weighted by molar-refractivity contribution is 5.97. The van der Waals surface area contributed by atoms with Gasteiger partial charge >= 0.3 is 0 Å². The molecule has 2 aromatic rings. The topological polar surface area (TPSA) is 68.8 Å². The molecule has 1 aromatic heterocycles. The lowest BCUT2D eigenvalue weighted by atomic mass is 10.1. The fraction of sp³-hybridized carbons (Fsp3) is 0.500. The summed E-state index contributed by atoms with van der Waals surface area (Å²) in [7, 11) is 0. The summed E-state index contributed by atoms with van der Waals surface area (Å²) in [6, 6.07) is 12.4. The normalized spacial score (nSPS) is 23.2. The Morgan fingerprint density at radius 1 is 1.09 bits per heavy atom. The largest absolute Gasteiger partial charge is 0.338 e. The number of carbonyl (C=O) groups excluding carboxylic acids is 2. The highest BCUT2D eigenvalue weighted by Crippen LogP contribution is 2.36. The van der Waals surface area contributed by atoms with E-state index in [1.807, 2.05) is 9.80 Å². The second-order valence-corrected chi connectivity index (χ2v) is 9.51. The van der Waals surface area contributed by atoms with Gasteiger partial charge in [0.25, 0.3) is 5.91 Å². The van der Waals surface area contributed by atoms with Crippen LogP contribution in [0.3, 0.4) is 0 Å². The van der Waals surface area contributed by atoms with E-state index in [9.17, 15) is 9.59 Å². The molecule has 2 saturated heterocycles. The van der Waals surface area contributed by atoms with Crippen LogP contribution in [0.4, 0.5) is 0 Å². The number of hydrogen-bond donors (Lipinski definition) is 1. The van der Waals surface area contributed by atoms with E-state index in [0.717, 1.165) is 19.6 Å². The predicted molar refractivity (Wildman–Crippen MR) is 127 cm³/mol. The fourth-order valence-corrected chi connectivity index (χ4v) is 5.21. The Labute approximate surface area is 195 Å². The van der Waals surface area contributed by atoms with Gasteiger partial charge in [-0.1, -0.05) is 24.3 Å². The molecule has 1 aromatic carbocycles. The van der Waals surface area contributed by atoms with Gasteiger partial charge in [-0.3, -0.25) is 19.5 Å². The standard InChI is InChI=1S/C26H33N5O2/c1-19-5-2-3-6-21(19)17-30(22-8-9-22)23-15-24(26(33)29-13-11-27-12-14-29)31(18-23)25(32)20-7-4-10-28-16-20/h2-7,10,16,22-24,27H,8-9,11-15,17-18H2,1H3. The van der Waals surface area contributed by atoms with Gasteiger partial charge in [0.15, 0.2) is 0 Å². The number of pyridine rings is 1. The minimum Gasteiger partial charge on any atom is -0.338 e. The molecule has 5 rings (SSSR count). The number of likely N-dealkylation sites (tertiary alicyclic amines) is 1. The van der Waals surface area contributed by atoms with Crippen LogP contribution in [-0.2, 0) is 11.3 Å². The smallest absolute Gasteiger partial charge is 0.256 e. The number of amides is 2. The lowest BCUT2D eigenvalue weighted by molar-refractivity contribution is -0.135. The number of nitrogens with zero attached hydrogens (tertiary/aromatic N) is 4. The maximum absolute atomic E-state index is 13.6. The molecule has 0 spiro atoms. The first kappa shape index (κ1) is 22.0. The lowest BCUT2D eigenvalue weighted by Gasteiger charge is -2.32. The lowest BCUT2D eigenvalue weighted by Crippen LogP contribution is -2.53. The molecule has 1 aliphatic carbocycles. The van der Waals surface area contributed by atoms with Crippen LogP contribution < -0.4 is 5.32 Å². The molecule has 3 heterocycles. The molecule has 3 fully saturated rings. The van der Waals surface area contributed by atoms with E-state index < -0.39 is 6.04 Å². The number of piperazine rings is 1. The number of aryl methyl sites for hydroxylation is 1. The summed E-state index contributed by atoms with van der Waals surface area (Å²) in [5, 5.41) is 3.31. The summed E-state index contributed by atoms with van der Waals surface area (Å²) >= 11 is 0. The SMILES string of the molecule is Cc1ccccc1CN(C1CC1)C1CC(C(=O)N2CCNCC2)N(C(=O)c2cccnc2)C1. The highest BCUT2D eigenvalue weighted by atomic mass is 16.2. The molecule has 1 N–H and O–H groups in total. The van der Waals surface area contributed by atoms with Crippen LogP contribution in [0.1, 0.15) is 40.7 Å². The third-order valence-corrected chi connectivity index (χ3v) is 7.26. The molecule has 7 nitrogen and oxygen atoms in total. The summed E-state index contributed by atoms with van der Waals surface area (Å²) in [5.41, 5.74) is 3.16. The van der Waals surface area contributed by atoms with Crippen LogP contribution in [0.25, 0.3) is 0 Å². The van der Waals surface area contributed by atoms with E-state index in [1.165, 1.54) is 24.0 Å². The molecule has 174 valence electrons. The monoisotopic (exact) mass is 447 g/mol. The van der Waals surface area contributed by atoms with Gasteiger partial charge in [0, 0.05) is 63.7 Å². The van der Waals surface area contributed by atoms with Crippen molar-refractivity contribution in [2.45, 2.75) is 50.9 Å². The Bertz CT molecular complexity index is 987. The van der Waals surface area contributed by atoms with Gasteiger partial charge in [-0.15, -0.1) is 0 Å². The Hall–Kier alpha value is -2.77. The van der Waals surface area contributed by atoms with Crippen molar-refractivity contribution in [1.82, 2.24) is 25.0 Å². The molecule has 2 unspecified atom stereocenters. The van der Waals surface area contributed by atoms with E-state index >= 15 is 0 Å². The number of nitrogens with one attached hydrogen (secondary N) is 1. The van der Waals surface area contributed by atoms with Crippen molar-refractivity contribution in [3.8, 4) is 0 Å². The van der Waals surface area contributed by atoms with Crippen molar-refractivity contribution < 1.29 is 9.59 Å². The maximum Gasteiger partial charge on any atom is 0.256 e. The zero-order chi connectivity index (χ0) is 22.8. The Morgan fingerprint density at radius 3 is 2.58 bits per heavy atom.